The Morgan fingerprint density at radius 1 is 1.20 bits per heavy atom. The lowest BCUT2D eigenvalue weighted by Crippen LogP contribution is -2.35. The van der Waals surface area contributed by atoms with Gasteiger partial charge in [-0.2, -0.15) is 13.2 Å². The summed E-state index contributed by atoms with van der Waals surface area (Å²) in [4.78, 5) is 23.0. The highest BCUT2D eigenvalue weighted by Gasteiger charge is 2.33. The number of aliphatic carboxylic acids is 1. The van der Waals surface area contributed by atoms with Gasteiger partial charge in [-0.1, -0.05) is 12.1 Å². The van der Waals surface area contributed by atoms with Crippen LogP contribution in [0.25, 0.3) is 0 Å². The molecule has 8 heteroatoms. The standard InChI is InChI=1S/C17H23F3N2O3/c1-11(21-9-8-16(2,3)15(24)25)10-14(23)22-13-7-5-4-6-12(13)17(18,19)20/h4-7,11,21H,8-10H2,1-3H3,(H,22,23)(H,24,25). The zero-order valence-corrected chi connectivity index (χ0v) is 14.4. The lowest BCUT2D eigenvalue weighted by atomic mass is 9.89. The number of carbonyl (C=O) groups excluding carboxylic acids is 1. The molecule has 140 valence electrons. The summed E-state index contributed by atoms with van der Waals surface area (Å²) < 4.78 is 38.7. The molecule has 0 saturated heterocycles. The number of carboxylic acids is 1. The van der Waals surface area contributed by atoms with E-state index in [-0.39, 0.29) is 18.2 Å². The van der Waals surface area contributed by atoms with Crippen molar-refractivity contribution in [3.63, 3.8) is 0 Å². The van der Waals surface area contributed by atoms with E-state index in [4.69, 9.17) is 5.11 Å². The zero-order chi connectivity index (χ0) is 19.3. The molecule has 5 nitrogen and oxygen atoms in total. The molecule has 1 unspecified atom stereocenters. The molecule has 3 N–H and O–H groups in total. The maximum Gasteiger partial charge on any atom is 0.418 e. The minimum atomic E-state index is -4.55. The van der Waals surface area contributed by atoms with Crippen molar-refractivity contribution in [2.45, 2.75) is 45.8 Å². The first-order chi connectivity index (χ1) is 11.4. The highest BCUT2D eigenvalue weighted by atomic mass is 19.4. The van der Waals surface area contributed by atoms with E-state index in [2.05, 4.69) is 10.6 Å². The van der Waals surface area contributed by atoms with Gasteiger partial charge in [0.25, 0.3) is 0 Å². The first-order valence-corrected chi connectivity index (χ1v) is 7.86. The SMILES string of the molecule is CC(CC(=O)Nc1ccccc1C(F)(F)F)NCCC(C)(C)C(=O)O. The van der Waals surface area contributed by atoms with Crippen molar-refractivity contribution >= 4 is 17.6 Å². The van der Waals surface area contributed by atoms with E-state index >= 15 is 0 Å². The summed E-state index contributed by atoms with van der Waals surface area (Å²) in [6, 6.07) is 4.48. The molecule has 0 radical (unpaired) electrons. The summed E-state index contributed by atoms with van der Waals surface area (Å²) in [7, 11) is 0. The van der Waals surface area contributed by atoms with E-state index in [9.17, 15) is 22.8 Å². The number of nitrogens with one attached hydrogen (secondary N) is 2. The van der Waals surface area contributed by atoms with Gasteiger partial charge in [0, 0.05) is 12.5 Å². The number of hydrogen-bond donors (Lipinski definition) is 3. The van der Waals surface area contributed by atoms with E-state index in [1.165, 1.54) is 18.2 Å². The zero-order valence-electron chi connectivity index (χ0n) is 14.4. The van der Waals surface area contributed by atoms with Crippen LogP contribution in [0.1, 0.15) is 39.2 Å². The Morgan fingerprint density at radius 2 is 1.80 bits per heavy atom. The Balaban J connectivity index is 2.54. The van der Waals surface area contributed by atoms with Crippen LogP contribution in [0.3, 0.4) is 0 Å². The maximum atomic E-state index is 12.9. The molecule has 1 aromatic rings. The van der Waals surface area contributed by atoms with Crippen LogP contribution in [0.15, 0.2) is 24.3 Å². The van der Waals surface area contributed by atoms with Gasteiger partial charge >= 0.3 is 12.1 Å². The summed E-state index contributed by atoms with van der Waals surface area (Å²) in [5.41, 5.74) is -2.06. The van der Waals surface area contributed by atoms with Gasteiger partial charge in [0.2, 0.25) is 5.91 Å². The number of hydrogen-bond acceptors (Lipinski definition) is 3. The minimum absolute atomic E-state index is 0.0281. The second-order valence-electron chi connectivity index (χ2n) is 6.59. The molecule has 0 aliphatic heterocycles. The monoisotopic (exact) mass is 360 g/mol. The summed E-state index contributed by atoms with van der Waals surface area (Å²) in [6.07, 6.45) is -4.21. The van der Waals surface area contributed by atoms with Gasteiger partial charge in [0.1, 0.15) is 0 Å². The quantitative estimate of drug-likeness (QED) is 0.663. The highest BCUT2D eigenvalue weighted by Crippen LogP contribution is 2.34. The molecule has 25 heavy (non-hydrogen) atoms. The van der Waals surface area contributed by atoms with E-state index in [0.717, 1.165) is 6.07 Å². The lowest BCUT2D eigenvalue weighted by molar-refractivity contribution is -0.147. The topological polar surface area (TPSA) is 78.4 Å². The molecule has 1 rings (SSSR count). The molecule has 0 heterocycles. The number of alkyl halides is 3. The normalized spacial score (nSPS) is 13.4. The molecule has 1 aromatic carbocycles. The number of carboxylic acid groups (broad SMARTS) is 1. The predicted octanol–water partition coefficient (Wildman–Crippen LogP) is 3.51. The van der Waals surface area contributed by atoms with E-state index < -0.39 is 29.0 Å². The van der Waals surface area contributed by atoms with Crippen LogP contribution in [0.5, 0.6) is 0 Å². The molecular formula is C17H23F3N2O3. The third-order valence-corrected chi connectivity index (χ3v) is 3.82. The largest absolute Gasteiger partial charge is 0.481 e. The molecule has 0 saturated carbocycles. The Bertz CT molecular complexity index is 615. The molecule has 0 aliphatic rings. The average Bonchev–Trinajstić information content (AvgIpc) is 2.46. The van der Waals surface area contributed by atoms with Crippen LogP contribution < -0.4 is 10.6 Å². The van der Waals surface area contributed by atoms with Gasteiger partial charge in [-0.05, 0) is 45.9 Å². The van der Waals surface area contributed by atoms with Crippen molar-refractivity contribution in [3.8, 4) is 0 Å². The van der Waals surface area contributed by atoms with Crippen molar-refractivity contribution < 1.29 is 27.9 Å². The molecule has 1 amide bonds. The number of carbonyl (C=O) groups is 2. The van der Waals surface area contributed by atoms with Crippen molar-refractivity contribution in [2.24, 2.45) is 5.41 Å². The number of anilines is 1. The predicted molar refractivity (Wildman–Crippen MR) is 88.2 cm³/mol. The van der Waals surface area contributed by atoms with Gasteiger partial charge < -0.3 is 15.7 Å². The average molecular weight is 360 g/mol. The Hall–Kier alpha value is -2.09. The molecule has 0 bridgehead atoms. The number of para-hydroxylation sites is 1. The molecule has 0 spiro atoms. The number of amides is 1. The molecule has 1 atom stereocenters. The van der Waals surface area contributed by atoms with Crippen molar-refractivity contribution in [2.75, 3.05) is 11.9 Å². The van der Waals surface area contributed by atoms with Gasteiger partial charge in [0.05, 0.1) is 16.7 Å². The summed E-state index contributed by atoms with van der Waals surface area (Å²) in [6.45, 7) is 5.29. The smallest absolute Gasteiger partial charge is 0.418 e. The van der Waals surface area contributed by atoms with Crippen LogP contribution in [-0.4, -0.2) is 29.6 Å². The molecule has 0 fully saturated rings. The van der Waals surface area contributed by atoms with Gasteiger partial charge in [-0.3, -0.25) is 9.59 Å². The van der Waals surface area contributed by atoms with E-state index in [1.807, 2.05) is 0 Å². The minimum Gasteiger partial charge on any atom is -0.481 e. The summed E-state index contributed by atoms with van der Waals surface area (Å²) in [5.74, 6) is -1.46. The second kappa shape index (κ2) is 8.33. The molecular weight excluding hydrogens is 337 g/mol. The fourth-order valence-corrected chi connectivity index (χ4v) is 2.13. The second-order valence-corrected chi connectivity index (χ2v) is 6.59. The number of rotatable bonds is 8. The molecule has 0 aromatic heterocycles. The summed E-state index contributed by atoms with van der Waals surface area (Å²) >= 11 is 0. The first-order valence-electron chi connectivity index (χ1n) is 7.86. The van der Waals surface area contributed by atoms with Crippen LogP contribution in [0, 0.1) is 5.41 Å². The Labute approximate surface area is 144 Å². The van der Waals surface area contributed by atoms with Crippen LogP contribution in [-0.2, 0) is 15.8 Å². The fraction of sp³-hybridized carbons (Fsp3) is 0.529. The van der Waals surface area contributed by atoms with Crippen LogP contribution >= 0.6 is 0 Å². The van der Waals surface area contributed by atoms with Crippen molar-refractivity contribution in [1.29, 1.82) is 0 Å². The van der Waals surface area contributed by atoms with E-state index in [0.29, 0.717) is 13.0 Å². The van der Waals surface area contributed by atoms with Crippen molar-refractivity contribution in [3.05, 3.63) is 29.8 Å². The first kappa shape index (κ1) is 21.0. The van der Waals surface area contributed by atoms with Gasteiger partial charge in [-0.25, -0.2) is 0 Å². The van der Waals surface area contributed by atoms with E-state index in [1.54, 1.807) is 20.8 Å². The maximum absolute atomic E-state index is 12.9. The lowest BCUT2D eigenvalue weighted by Gasteiger charge is -2.21. The third kappa shape index (κ3) is 6.74. The van der Waals surface area contributed by atoms with Crippen LogP contribution in [0.2, 0.25) is 0 Å². The van der Waals surface area contributed by atoms with Gasteiger partial charge in [-0.15, -0.1) is 0 Å². The Kier molecular flexibility index (Phi) is 6.98. The Morgan fingerprint density at radius 3 is 2.36 bits per heavy atom. The summed E-state index contributed by atoms with van der Waals surface area (Å²) in [5, 5.41) is 14.3. The highest BCUT2D eigenvalue weighted by molar-refractivity contribution is 5.92. The van der Waals surface area contributed by atoms with Gasteiger partial charge in [0.15, 0.2) is 0 Å². The van der Waals surface area contributed by atoms with Crippen LogP contribution in [0.4, 0.5) is 18.9 Å². The number of benzene rings is 1. The van der Waals surface area contributed by atoms with Crippen molar-refractivity contribution in [1.82, 2.24) is 5.32 Å². The third-order valence-electron chi connectivity index (χ3n) is 3.82. The fourth-order valence-electron chi connectivity index (χ4n) is 2.13. The number of halogens is 3. The molecule has 0 aliphatic carbocycles.